The molecule has 1 aliphatic heterocycles. The zero-order valence-corrected chi connectivity index (χ0v) is 19.6. The lowest BCUT2D eigenvalue weighted by Crippen LogP contribution is -2.25. The number of aliphatic imine (C=N–C) groups is 1. The third kappa shape index (κ3) is 5.32. The van der Waals surface area contributed by atoms with E-state index < -0.39 is 0 Å². The first-order valence-corrected chi connectivity index (χ1v) is 11.0. The van der Waals surface area contributed by atoms with E-state index >= 15 is 0 Å². The summed E-state index contributed by atoms with van der Waals surface area (Å²) in [6, 6.07) is 8.29. The largest absolute Gasteiger partial charge is 0.383 e. The SMILES string of the molecule is C=C/C(=C\N(C)C)c1cccc(-c2ncc(/C(C=NC)=C/C)c(N3CCC(CN)C3)n2)c1. The number of aromatic nitrogens is 2. The average molecular weight is 431 g/mol. The summed E-state index contributed by atoms with van der Waals surface area (Å²) in [4.78, 5) is 18.4. The van der Waals surface area contributed by atoms with Crippen LogP contribution in [0.3, 0.4) is 0 Å². The second kappa shape index (κ2) is 10.9. The zero-order chi connectivity index (χ0) is 23.1. The van der Waals surface area contributed by atoms with Crippen molar-refractivity contribution in [1.29, 1.82) is 0 Å². The molecule has 168 valence electrons. The van der Waals surface area contributed by atoms with Crippen LogP contribution in [-0.4, -0.2) is 61.9 Å². The highest BCUT2D eigenvalue weighted by Gasteiger charge is 2.25. The molecule has 3 rings (SSSR count). The van der Waals surface area contributed by atoms with E-state index in [1.165, 1.54) is 0 Å². The normalized spacial score (nSPS) is 17.3. The van der Waals surface area contributed by atoms with Gasteiger partial charge >= 0.3 is 0 Å². The Bertz CT molecular complexity index is 1030. The van der Waals surface area contributed by atoms with E-state index in [9.17, 15) is 0 Å². The molecule has 1 fully saturated rings. The molecule has 0 aliphatic carbocycles. The highest BCUT2D eigenvalue weighted by atomic mass is 15.2. The summed E-state index contributed by atoms with van der Waals surface area (Å²) in [5.74, 6) is 2.14. The van der Waals surface area contributed by atoms with Crippen molar-refractivity contribution in [2.75, 3.05) is 45.7 Å². The number of allylic oxidation sites excluding steroid dienone is 4. The Hall–Kier alpha value is -3.25. The van der Waals surface area contributed by atoms with E-state index in [0.717, 1.165) is 53.2 Å². The summed E-state index contributed by atoms with van der Waals surface area (Å²) in [6.07, 6.45) is 10.8. The molecule has 0 spiro atoms. The molecular formula is C26H34N6. The topological polar surface area (TPSA) is 70.6 Å². The molecule has 1 aromatic heterocycles. The van der Waals surface area contributed by atoms with Crippen LogP contribution in [0.2, 0.25) is 0 Å². The van der Waals surface area contributed by atoms with Gasteiger partial charge in [-0.1, -0.05) is 36.9 Å². The van der Waals surface area contributed by atoms with E-state index in [0.29, 0.717) is 18.3 Å². The van der Waals surface area contributed by atoms with Crippen molar-refractivity contribution in [2.24, 2.45) is 16.6 Å². The van der Waals surface area contributed by atoms with Crippen LogP contribution in [0.4, 0.5) is 5.82 Å². The lowest BCUT2D eigenvalue weighted by molar-refractivity contribution is 0.566. The van der Waals surface area contributed by atoms with Gasteiger partial charge in [0.05, 0.1) is 0 Å². The van der Waals surface area contributed by atoms with E-state index in [4.69, 9.17) is 15.7 Å². The average Bonchev–Trinajstić information content (AvgIpc) is 3.30. The summed E-state index contributed by atoms with van der Waals surface area (Å²) >= 11 is 0. The van der Waals surface area contributed by atoms with Gasteiger partial charge in [-0.25, -0.2) is 9.97 Å². The van der Waals surface area contributed by atoms with Crippen LogP contribution in [-0.2, 0) is 0 Å². The molecule has 2 heterocycles. The first kappa shape index (κ1) is 23.4. The van der Waals surface area contributed by atoms with Gasteiger partial charge in [-0.15, -0.1) is 0 Å². The van der Waals surface area contributed by atoms with Crippen molar-refractivity contribution in [2.45, 2.75) is 13.3 Å². The summed E-state index contributed by atoms with van der Waals surface area (Å²) in [6.45, 7) is 8.53. The van der Waals surface area contributed by atoms with Gasteiger partial charge in [0, 0.05) is 69.5 Å². The van der Waals surface area contributed by atoms with Gasteiger partial charge in [-0.2, -0.15) is 0 Å². The Morgan fingerprint density at radius 2 is 2.16 bits per heavy atom. The Kier molecular flexibility index (Phi) is 7.95. The minimum atomic E-state index is 0.491. The van der Waals surface area contributed by atoms with Gasteiger partial charge in [0.25, 0.3) is 0 Å². The van der Waals surface area contributed by atoms with Gasteiger partial charge in [-0.05, 0) is 43.0 Å². The number of hydrogen-bond acceptors (Lipinski definition) is 6. The fourth-order valence-electron chi connectivity index (χ4n) is 3.97. The maximum Gasteiger partial charge on any atom is 0.161 e. The van der Waals surface area contributed by atoms with E-state index in [1.807, 2.05) is 56.5 Å². The maximum absolute atomic E-state index is 5.95. The minimum absolute atomic E-state index is 0.491. The van der Waals surface area contributed by atoms with Crippen molar-refractivity contribution in [3.05, 3.63) is 66.5 Å². The molecule has 6 nitrogen and oxygen atoms in total. The lowest BCUT2D eigenvalue weighted by Gasteiger charge is -2.22. The third-order valence-electron chi connectivity index (χ3n) is 5.65. The Morgan fingerprint density at radius 1 is 1.34 bits per heavy atom. The molecule has 1 aliphatic rings. The monoisotopic (exact) mass is 430 g/mol. The number of rotatable bonds is 8. The molecule has 1 unspecified atom stereocenters. The standard InChI is InChI=1S/C26H34N6/c1-6-20(15-28-3)24-16-29-25(30-26(24)32-12-11-19(14-27)17-32)23-10-8-9-22(13-23)21(7-2)18-31(4)5/h6-10,13,15-16,18-19H,2,11-12,14,17,27H2,1,3-5H3/b20-6+,21-18+,28-15?. The number of hydrogen-bond donors (Lipinski definition) is 1. The highest BCUT2D eigenvalue weighted by Crippen LogP contribution is 2.31. The fourth-order valence-corrected chi connectivity index (χ4v) is 3.97. The Morgan fingerprint density at radius 3 is 2.78 bits per heavy atom. The summed E-state index contributed by atoms with van der Waals surface area (Å²) < 4.78 is 0. The molecule has 0 saturated carbocycles. The van der Waals surface area contributed by atoms with E-state index in [2.05, 4.69) is 40.9 Å². The second-order valence-electron chi connectivity index (χ2n) is 8.23. The van der Waals surface area contributed by atoms with Crippen LogP contribution in [0.5, 0.6) is 0 Å². The summed E-state index contributed by atoms with van der Waals surface area (Å²) in [5.41, 5.74) is 11.1. The predicted molar refractivity (Wildman–Crippen MR) is 137 cm³/mol. The lowest BCUT2D eigenvalue weighted by atomic mass is 10.0. The first-order chi connectivity index (χ1) is 15.5. The van der Waals surface area contributed by atoms with E-state index in [-0.39, 0.29) is 0 Å². The first-order valence-electron chi connectivity index (χ1n) is 11.0. The Labute approximate surface area is 191 Å². The fraction of sp³-hybridized carbons (Fsp3) is 0.346. The second-order valence-corrected chi connectivity index (χ2v) is 8.23. The molecule has 1 aromatic carbocycles. The summed E-state index contributed by atoms with van der Waals surface area (Å²) in [5, 5.41) is 0. The van der Waals surface area contributed by atoms with Crippen LogP contribution in [0.1, 0.15) is 24.5 Å². The van der Waals surface area contributed by atoms with Crippen LogP contribution >= 0.6 is 0 Å². The van der Waals surface area contributed by atoms with Gasteiger partial charge in [0.1, 0.15) is 5.82 Å². The molecule has 6 heteroatoms. The molecule has 0 radical (unpaired) electrons. The van der Waals surface area contributed by atoms with Crippen LogP contribution in [0, 0.1) is 5.92 Å². The molecular weight excluding hydrogens is 396 g/mol. The third-order valence-corrected chi connectivity index (χ3v) is 5.65. The van der Waals surface area contributed by atoms with Crippen molar-refractivity contribution in [3.8, 4) is 11.4 Å². The van der Waals surface area contributed by atoms with Gasteiger partial charge in [0.2, 0.25) is 0 Å². The van der Waals surface area contributed by atoms with Gasteiger partial charge in [-0.3, -0.25) is 4.99 Å². The molecule has 1 atom stereocenters. The van der Waals surface area contributed by atoms with Gasteiger partial charge < -0.3 is 15.5 Å². The summed E-state index contributed by atoms with van der Waals surface area (Å²) in [7, 11) is 5.79. The molecule has 1 saturated heterocycles. The van der Waals surface area contributed by atoms with Crippen molar-refractivity contribution in [1.82, 2.24) is 14.9 Å². The molecule has 0 amide bonds. The molecule has 2 N–H and O–H groups in total. The van der Waals surface area contributed by atoms with Crippen molar-refractivity contribution < 1.29 is 0 Å². The number of benzene rings is 1. The zero-order valence-electron chi connectivity index (χ0n) is 19.6. The minimum Gasteiger partial charge on any atom is -0.383 e. The number of anilines is 1. The number of nitrogens with zero attached hydrogens (tertiary/aromatic N) is 5. The van der Waals surface area contributed by atoms with Crippen molar-refractivity contribution >= 4 is 23.2 Å². The predicted octanol–water partition coefficient (Wildman–Crippen LogP) is 4.12. The van der Waals surface area contributed by atoms with Crippen molar-refractivity contribution in [3.63, 3.8) is 0 Å². The molecule has 0 bridgehead atoms. The van der Waals surface area contributed by atoms with E-state index in [1.54, 1.807) is 7.05 Å². The van der Waals surface area contributed by atoms with Crippen LogP contribution in [0.25, 0.3) is 22.5 Å². The number of nitrogens with two attached hydrogens (primary N) is 1. The molecule has 32 heavy (non-hydrogen) atoms. The molecule has 2 aromatic rings. The highest BCUT2D eigenvalue weighted by molar-refractivity contribution is 6.11. The van der Waals surface area contributed by atoms with Gasteiger partial charge in [0.15, 0.2) is 5.82 Å². The maximum atomic E-state index is 5.95. The smallest absolute Gasteiger partial charge is 0.161 e. The quantitative estimate of drug-likeness (QED) is 0.504. The Balaban J connectivity index is 2.08. The van der Waals surface area contributed by atoms with Crippen LogP contribution < -0.4 is 10.6 Å². The van der Waals surface area contributed by atoms with Crippen LogP contribution in [0.15, 0.2) is 60.4 Å².